The van der Waals surface area contributed by atoms with E-state index in [1.54, 1.807) is 0 Å². The van der Waals surface area contributed by atoms with E-state index in [1.165, 1.54) is 79.9 Å². The predicted molar refractivity (Wildman–Crippen MR) is 192 cm³/mol. The second-order valence-corrected chi connectivity index (χ2v) is 13.5. The molecule has 11 rings (SSSR count). The number of aryl methyl sites for hydroxylation is 4. The molecule has 1 unspecified atom stereocenters. The van der Waals surface area contributed by atoms with Gasteiger partial charge in [-0.2, -0.15) is 9.97 Å². The van der Waals surface area contributed by atoms with Gasteiger partial charge >= 0.3 is 0 Å². The van der Waals surface area contributed by atoms with Gasteiger partial charge in [-0.25, -0.2) is 4.98 Å². The normalized spacial score (nSPS) is 16.6. The van der Waals surface area contributed by atoms with E-state index < -0.39 is 0 Å². The van der Waals surface area contributed by atoms with E-state index in [1.807, 2.05) is 36.4 Å². The molecule has 0 N–H and O–H groups in total. The second kappa shape index (κ2) is 9.85. The largest absolute Gasteiger partial charge is 0.313 e. The Morgan fingerprint density at radius 2 is 1.17 bits per heavy atom. The maximum Gasteiger partial charge on any atom is 0.238 e. The van der Waals surface area contributed by atoms with E-state index >= 15 is 0 Å². The molecule has 3 aliphatic carbocycles. The molecule has 2 aromatic heterocycles. The van der Waals surface area contributed by atoms with E-state index in [0.29, 0.717) is 23.5 Å². The molecule has 0 bridgehead atoms. The van der Waals surface area contributed by atoms with Gasteiger partial charge in [0.15, 0.2) is 11.6 Å². The molecule has 0 radical (unpaired) electrons. The summed E-state index contributed by atoms with van der Waals surface area (Å²) in [6.45, 7) is 0. The Balaban J connectivity index is 1.19. The van der Waals surface area contributed by atoms with E-state index in [4.69, 9.17) is 15.0 Å². The first-order valence-corrected chi connectivity index (χ1v) is 17.1. The smallest absolute Gasteiger partial charge is 0.238 e. The maximum absolute atomic E-state index is 5.23. The van der Waals surface area contributed by atoms with Crippen molar-refractivity contribution in [3.05, 3.63) is 160 Å². The Morgan fingerprint density at radius 3 is 1.81 bits per heavy atom. The lowest BCUT2D eigenvalue weighted by atomic mass is 9.81. The average Bonchev–Trinajstić information content (AvgIpc) is 3.60. The molecule has 4 aliphatic rings. The first kappa shape index (κ1) is 26.3. The van der Waals surface area contributed by atoms with Gasteiger partial charge in [0.2, 0.25) is 5.95 Å². The van der Waals surface area contributed by atoms with Gasteiger partial charge in [-0.3, -0.25) is 4.57 Å². The van der Waals surface area contributed by atoms with Gasteiger partial charge in [-0.15, -0.1) is 0 Å². The van der Waals surface area contributed by atoms with Crippen LogP contribution in [0.5, 0.6) is 0 Å². The van der Waals surface area contributed by atoms with Gasteiger partial charge in [0.25, 0.3) is 0 Å². The molecule has 5 aromatic carbocycles. The molecule has 1 atom stereocenters. The number of allylic oxidation sites excluding steroid dienone is 1. The van der Waals surface area contributed by atoms with Gasteiger partial charge in [-0.1, -0.05) is 84.9 Å². The van der Waals surface area contributed by atoms with Crippen LogP contribution in [0.4, 0.5) is 11.4 Å². The minimum absolute atomic E-state index is 0.293. The van der Waals surface area contributed by atoms with Crippen molar-refractivity contribution in [2.45, 2.75) is 38.0 Å². The van der Waals surface area contributed by atoms with Crippen molar-refractivity contribution in [2.24, 2.45) is 0 Å². The molecule has 0 amide bonds. The van der Waals surface area contributed by atoms with Crippen LogP contribution in [0, 0.1) is 0 Å². The molecule has 48 heavy (non-hydrogen) atoms. The third kappa shape index (κ3) is 3.76. The molecule has 7 aromatic rings. The standard InChI is InChI=1S/C43H31N5/c1-4-10-26(11-5-1)41-44-42(27-12-6-2-7-13-27)46-43(45-41)48-38-23-31-19-17-29(31)21-34(38)36-24-35-33-20-28-16-18-30(28)22-37(33)47(39(35)25-40(36)48)32-14-8-3-9-15-32/h1-15,20-23,25,35H,16-19,24H2. The van der Waals surface area contributed by atoms with E-state index in [9.17, 15) is 0 Å². The second-order valence-electron chi connectivity index (χ2n) is 13.5. The summed E-state index contributed by atoms with van der Waals surface area (Å²) in [4.78, 5) is 18.0. The van der Waals surface area contributed by atoms with Crippen LogP contribution in [0.15, 0.2) is 121 Å². The van der Waals surface area contributed by atoms with Crippen molar-refractivity contribution in [1.82, 2.24) is 19.5 Å². The van der Waals surface area contributed by atoms with Crippen molar-refractivity contribution in [3.8, 4) is 28.7 Å². The molecule has 0 saturated carbocycles. The fourth-order valence-corrected chi connectivity index (χ4v) is 8.31. The Hall–Kier alpha value is -5.81. The maximum atomic E-state index is 5.23. The quantitative estimate of drug-likeness (QED) is 0.198. The highest BCUT2D eigenvalue weighted by Gasteiger charge is 2.41. The van der Waals surface area contributed by atoms with Crippen molar-refractivity contribution >= 4 is 28.4 Å². The Bertz CT molecular complexity index is 2420. The summed E-state index contributed by atoms with van der Waals surface area (Å²) in [7, 11) is 0. The van der Waals surface area contributed by atoms with Crippen LogP contribution in [-0.4, -0.2) is 19.5 Å². The number of aromatic nitrogens is 4. The zero-order valence-corrected chi connectivity index (χ0v) is 26.4. The lowest BCUT2D eigenvalue weighted by Gasteiger charge is -2.27. The van der Waals surface area contributed by atoms with Crippen LogP contribution in [-0.2, 0) is 32.1 Å². The highest BCUT2D eigenvalue weighted by atomic mass is 15.2. The monoisotopic (exact) mass is 617 g/mol. The molecule has 5 heteroatoms. The molecule has 3 heterocycles. The van der Waals surface area contributed by atoms with Crippen LogP contribution in [0.1, 0.15) is 45.0 Å². The number of fused-ring (bicyclic) bond motifs is 8. The Morgan fingerprint density at radius 1 is 0.583 bits per heavy atom. The zero-order valence-electron chi connectivity index (χ0n) is 26.4. The number of hydrogen-bond donors (Lipinski definition) is 0. The van der Waals surface area contributed by atoms with Gasteiger partial charge in [0, 0.05) is 33.8 Å². The lowest BCUT2D eigenvalue weighted by molar-refractivity contribution is 0.782. The fraction of sp³-hybridized carbons (Fsp3) is 0.140. The van der Waals surface area contributed by atoms with E-state index in [-0.39, 0.29) is 0 Å². The van der Waals surface area contributed by atoms with Crippen LogP contribution in [0.2, 0.25) is 0 Å². The first-order valence-electron chi connectivity index (χ1n) is 17.1. The molecule has 0 spiro atoms. The number of hydrogen-bond acceptors (Lipinski definition) is 4. The average molecular weight is 618 g/mol. The van der Waals surface area contributed by atoms with Gasteiger partial charge in [0.1, 0.15) is 0 Å². The van der Waals surface area contributed by atoms with Crippen LogP contribution < -0.4 is 4.90 Å². The van der Waals surface area contributed by atoms with Crippen LogP contribution >= 0.6 is 0 Å². The topological polar surface area (TPSA) is 46.8 Å². The third-order valence-electron chi connectivity index (χ3n) is 10.9. The minimum atomic E-state index is 0.293. The molecule has 1 aliphatic heterocycles. The summed E-state index contributed by atoms with van der Waals surface area (Å²) in [5.41, 5.74) is 16.9. The zero-order chi connectivity index (χ0) is 31.3. The van der Waals surface area contributed by atoms with Crippen molar-refractivity contribution in [3.63, 3.8) is 0 Å². The summed E-state index contributed by atoms with van der Waals surface area (Å²) in [5, 5.41) is 1.32. The number of benzene rings is 5. The van der Waals surface area contributed by atoms with E-state index in [2.05, 4.69) is 94.4 Å². The first-order chi connectivity index (χ1) is 23.8. The summed E-state index contributed by atoms with van der Waals surface area (Å²) in [5.74, 6) is 2.31. The summed E-state index contributed by atoms with van der Waals surface area (Å²) in [6, 6.07) is 41.3. The highest BCUT2D eigenvalue weighted by molar-refractivity contribution is 5.95. The van der Waals surface area contributed by atoms with E-state index in [0.717, 1.165) is 30.4 Å². The minimum Gasteiger partial charge on any atom is -0.313 e. The molecule has 0 saturated heterocycles. The molecular weight excluding hydrogens is 587 g/mol. The van der Waals surface area contributed by atoms with Crippen molar-refractivity contribution in [2.75, 3.05) is 4.90 Å². The number of nitrogens with zero attached hydrogens (tertiary/aromatic N) is 5. The van der Waals surface area contributed by atoms with Crippen LogP contribution in [0.25, 0.3) is 45.7 Å². The van der Waals surface area contributed by atoms with Gasteiger partial charge in [0.05, 0.1) is 16.9 Å². The highest BCUT2D eigenvalue weighted by Crippen LogP contribution is 2.55. The SMILES string of the molecule is C1=C2C(Cc3c1n(-c1nc(-c4ccccc4)nc(-c4ccccc4)n1)c1cc4c(cc31)CC4)c1cc3c(cc1N2c1ccccc1)CC3. The van der Waals surface area contributed by atoms with Gasteiger partial charge in [-0.05, 0) is 102 Å². The number of para-hydroxylation sites is 1. The molecule has 0 fully saturated rings. The Kier molecular flexibility index (Phi) is 5.39. The predicted octanol–water partition coefficient (Wildman–Crippen LogP) is 9.18. The van der Waals surface area contributed by atoms with Crippen molar-refractivity contribution < 1.29 is 0 Å². The fourth-order valence-electron chi connectivity index (χ4n) is 8.31. The molecule has 228 valence electrons. The third-order valence-corrected chi connectivity index (χ3v) is 10.9. The van der Waals surface area contributed by atoms with Gasteiger partial charge < -0.3 is 4.90 Å². The number of anilines is 2. The van der Waals surface area contributed by atoms with Crippen LogP contribution in [0.3, 0.4) is 0 Å². The van der Waals surface area contributed by atoms with Crippen molar-refractivity contribution in [1.29, 1.82) is 0 Å². The molecular formula is C43H31N5. The summed E-state index contributed by atoms with van der Waals surface area (Å²) in [6.07, 6.45) is 8.01. The summed E-state index contributed by atoms with van der Waals surface area (Å²) < 4.78 is 2.33. The molecule has 5 nitrogen and oxygen atoms in total. The summed E-state index contributed by atoms with van der Waals surface area (Å²) >= 11 is 0. The number of rotatable bonds is 4. The Labute approximate surface area is 278 Å². The lowest BCUT2D eigenvalue weighted by Crippen LogP contribution is -2.18.